The zero-order valence-corrected chi connectivity index (χ0v) is 15.4. The number of nitrogens with zero attached hydrogens (tertiary/aromatic N) is 2. The molecule has 4 unspecified atom stereocenters. The van der Waals surface area contributed by atoms with Crippen LogP contribution >= 0.6 is 0 Å². The second-order valence-corrected chi connectivity index (χ2v) is 7.54. The fourth-order valence-corrected chi connectivity index (χ4v) is 5.13. The van der Waals surface area contributed by atoms with Crippen molar-refractivity contribution in [2.24, 2.45) is 17.8 Å². The Morgan fingerprint density at radius 1 is 1.44 bits per heavy atom. The standard InChI is InChI=1S/C21H21N3O3/c1-12-17-7-6-14-11-23-24-19(14)21(17,9-15(10-22)18(12)25)16-5-3-4-13(8-16)20(26)27-2/h3-5,8,11-12,15,17H,6-7,9H2,1-2H3,(H,23,24). The van der Waals surface area contributed by atoms with Gasteiger partial charge in [0, 0.05) is 17.0 Å². The Hall–Kier alpha value is -2.94. The van der Waals surface area contributed by atoms with Crippen molar-refractivity contribution in [1.29, 1.82) is 5.26 Å². The van der Waals surface area contributed by atoms with Crippen LogP contribution in [0, 0.1) is 29.1 Å². The molecular weight excluding hydrogens is 342 g/mol. The summed E-state index contributed by atoms with van der Waals surface area (Å²) in [6, 6.07) is 9.58. The van der Waals surface area contributed by atoms with E-state index >= 15 is 0 Å². The lowest BCUT2D eigenvalue weighted by Gasteiger charge is -2.50. The topological polar surface area (TPSA) is 95.8 Å². The molecule has 1 aromatic carbocycles. The molecule has 0 aliphatic heterocycles. The van der Waals surface area contributed by atoms with E-state index in [0.717, 1.165) is 29.7 Å². The number of H-pyrrole nitrogens is 1. The van der Waals surface area contributed by atoms with Crippen molar-refractivity contribution >= 4 is 11.8 Å². The van der Waals surface area contributed by atoms with Gasteiger partial charge in [-0.25, -0.2) is 4.79 Å². The van der Waals surface area contributed by atoms with E-state index in [9.17, 15) is 14.9 Å². The quantitative estimate of drug-likeness (QED) is 0.828. The maximum Gasteiger partial charge on any atom is 0.337 e. The number of methoxy groups -OCH3 is 1. The van der Waals surface area contributed by atoms with Crippen LogP contribution in [-0.2, 0) is 21.4 Å². The van der Waals surface area contributed by atoms with Crippen LogP contribution in [0.5, 0.6) is 0 Å². The summed E-state index contributed by atoms with van der Waals surface area (Å²) in [6.45, 7) is 1.93. The first-order valence-corrected chi connectivity index (χ1v) is 9.18. The third-order valence-electron chi connectivity index (χ3n) is 6.40. The van der Waals surface area contributed by atoms with Crippen molar-refractivity contribution in [2.75, 3.05) is 7.11 Å². The number of carbonyl (C=O) groups is 2. The SMILES string of the molecule is COC(=O)c1cccc(C23CC(C#N)C(=O)C(C)C2CCc2cn[nH]c23)c1. The monoisotopic (exact) mass is 363 g/mol. The summed E-state index contributed by atoms with van der Waals surface area (Å²) in [6.07, 6.45) is 3.93. The molecule has 6 nitrogen and oxygen atoms in total. The molecule has 0 radical (unpaired) electrons. The highest BCUT2D eigenvalue weighted by atomic mass is 16.5. The van der Waals surface area contributed by atoms with E-state index in [-0.39, 0.29) is 17.6 Å². The molecule has 2 aromatic rings. The molecule has 1 aromatic heterocycles. The van der Waals surface area contributed by atoms with Crippen molar-refractivity contribution in [3.8, 4) is 6.07 Å². The predicted molar refractivity (Wildman–Crippen MR) is 96.9 cm³/mol. The average Bonchev–Trinajstić information content (AvgIpc) is 3.19. The maximum absolute atomic E-state index is 12.7. The highest BCUT2D eigenvalue weighted by molar-refractivity contribution is 5.90. The van der Waals surface area contributed by atoms with Gasteiger partial charge in [0.05, 0.1) is 24.9 Å². The highest BCUT2D eigenvalue weighted by Crippen LogP contribution is 2.55. The Morgan fingerprint density at radius 3 is 3.00 bits per heavy atom. The minimum absolute atomic E-state index is 0.0187. The zero-order chi connectivity index (χ0) is 19.2. The van der Waals surface area contributed by atoms with Crippen LogP contribution in [0.1, 0.15) is 46.9 Å². The molecule has 27 heavy (non-hydrogen) atoms. The van der Waals surface area contributed by atoms with Crippen molar-refractivity contribution in [2.45, 2.75) is 31.6 Å². The highest BCUT2D eigenvalue weighted by Gasteiger charge is 2.56. The number of hydrogen-bond donors (Lipinski definition) is 1. The number of carbonyl (C=O) groups excluding carboxylic acids is 2. The van der Waals surface area contributed by atoms with Crippen molar-refractivity contribution < 1.29 is 14.3 Å². The van der Waals surface area contributed by atoms with Gasteiger partial charge in [-0.1, -0.05) is 19.1 Å². The lowest BCUT2D eigenvalue weighted by atomic mass is 9.51. The van der Waals surface area contributed by atoms with Crippen molar-refractivity contribution in [1.82, 2.24) is 10.2 Å². The Balaban J connectivity index is 1.96. The number of benzene rings is 1. The van der Waals surface area contributed by atoms with E-state index in [1.165, 1.54) is 7.11 Å². The summed E-state index contributed by atoms with van der Waals surface area (Å²) in [5.41, 5.74) is 2.95. The summed E-state index contributed by atoms with van der Waals surface area (Å²) in [7, 11) is 1.36. The molecule has 2 aliphatic carbocycles. The van der Waals surface area contributed by atoms with Gasteiger partial charge >= 0.3 is 5.97 Å². The molecule has 0 saturated heterocycles. The van der Waals surface area contributed by atoms with E-state index in [2.05, 4.69) is 16.3 Å². The maximum atomic E-state index is 12.7. The Kier molecular flexibility index (Phi) is 4.11. The second kappa shape index (κ2) is 6.34. The summed E-state index contributed by atoms with van der Waals surface area (Å²) >= 11 is 0. The van der Waals surface area contributed by atoms with Gasteiger partial charge in [0.2, 0.25) is 0 Å². The van der Waals surface area contributed by atoms with E-state index in [1.807, 2.05) is 31.3 Å². The van der Waals surface area contributed by atoms with Gasteiger partial charge in [-0.05, 0) is 48.4 Å². The number of fused-ring (bicyclic) bond motifs is 3. The number of nitriles is 1. The number of nitrogens with one attached hydrogen (secondary N) is 1. The molecule has 1 N–H and O–H groups in total. The van der Waals surface area contributed by atoms with Gasteiger partial charge in [0.25, 0.3) is 0 Å². The van der Waals surface area contributed by atoms with E-state index in [0.29, 0.717) is 12.0 Å². The molecule has 0 spiro atoms. The molecule has 4 atom stereocenters. The summed E-state index contributed by atoms with van der Waals surface area (Å²) in [5, 5.41) is 17.0. The van der Waals surface area contributed by atoms with Crippen LogP contribution in [0.15, 0.2) is 30.5 Å². The van der Waals surface area contributed by atoms with Gasteiger partial charge in [-0.15, -0.1) is 0 Å². The van der Waals surface area contributed by atoms with Crippen LogP contribution in [0.4, 0.5) is 0 Å². The lowest BCUT2D eigenvalue weighted by Crippen LogP contribution is -2.52. The first kappa shape index (κ1) is 17.5. The largest absolute Gasteiger partial charge is 0.465 e. The van der Waals surface area contributed by atoms with E-state index < -0.39 is 17.3 Å². The van der Waals surface area contributed by atoms with Gasteiger partial charge < -0.3 is 4.74 Å². The first-order valence-electron chi connectivity index (χ1n) is 9.18. The number of aromatic amines is 1. The van der Waals surface area contributed by atoms with E-state index in [4.69, 9.17) is 4.74 Å². The molecule has 0 bridgehead atoms. The molecule has 4 rings (SSSR count). The second-order valence-electron chi connectivity index (χ2n) is 7.54. The van der Waals surface area contributed by atoms with Gasteiger partial charge in [-0.2, -0.15) is 10.4 Å². The number of esters is 1. The van der Waals surface area contributed by atoms with E-state index in [1.54, 1.807) is 6.07 Å². The minimum Gasteiger partial charge on any atom is -0.465 e. The molecule has 0 amide bonds. The normalized spacial score (nSPS) is 29.4. The molecule has 1 heterocycles. The lowest BCUT2D eigenvalue weighted by molar-refractivity contribution is -0.131. The van der Waals surface area contributed by atoms with Gasteiger partial charge in [0.15, 0.2) is 5.78 Å². The predicted octanol–water partition coefficient (Wildman–Crippen LogP) is 2.79. The number of ether oxygens (including phenoxy) is 1. The Morgan fingerprint density at radius 2 is 2.26 bits per heavy atom. The number of Topliss-reactive ketones (excluding diaryl/α,β-unsaturated/α-hetero) is 1. The minimum atomic E-state index is -0.674. The third kappa shape index (κ3) is 2.42. The van der Waals surface area contributed by atoms with Crippen LogP contribution in [-0.4, -0.2) is 29.1 Å². The zero-order valence-electron chi connectivity index (χ0n) is 15.4. The molecule has 1 fully saturated rings. The molecule has 138 valence electrons. The number of rotatable bonds is 2. The molecule has 2 aliphatic rings. The summed E-state index contributed by atoms with van der Waals surface area (Å²) in [5.74, 6) is -1.24. The van der Waals surface area contributed by atoms with Crippen molar-refractivity contribution in [3.63, 3.8) is 0 Å². The third-order valence-corrected chi connectivity index (χ3v) is 6.40. The smallest absolute Gasteiger partial charge is 0.337 e. The van der Waals surface area contributed by atoms with Crippen LogP contribution in [0.2, 0.25) is 0 Å². The number of aromatic nitrogens is 2. The number of aryl methyl sites for hydroxylation is 1. The van der Waals surface area contributed by atoms with Gasteiger partial charge in [-0.3, -0.25) is 9.89 Å². The first-order chi connectivity index (χ1) is 13.0. The number of ketones is 1. The number of hydrogen-bond acceptors (Lipinski definition) is 5. The van der Waals surface area contributed by atoms with Crippen LogP contribution < -0.4 is 0 Å². The fourth-order valence-electron chi connectivity index (χ4n) is 5.13. The Labute approximate surface area is 157 Å². The average molecular weight is 363 g/mol. The van der Waals surface area contributed by atoms with Crippen LogP contribution in [0.25, 0.3) is 0 Å². The molecular formula is C21H21N3O3. The summed E-state index contributed by atoms with van der Waals surface area (Å²) in [4.78, 5) is 24.8. The summed E-state index contributed by atoms with van der Waals surface area (Å²) < 4.78 is 4.88. The molecule has 6 heteroatoms. The fraction of sp³-hybridized carbons (Fsp3) is 0.429. The molecule has 1 saturated carbocycles. The van der Waals surface area contributed by atoms with Gasteiger partial charge in [0.1, 0.15) is 5.92 Å². The Bertz CT molecular complexity index is 958. The van der Waals surface area contributed by atoms with Crippen molar-refractivity contribution in [3.05, 3.63) is 52.8 Å². The van der Waals surface area contributed by atoms with Crippen LogP contribution in [0.3, 0.4) is 0 Å².